The molecule has 3 heteroatoms. The molecule has 0 aromatic rings. The number of hydrogen-bond acceptors (Lipinski definition) is 2. The number of rotatable bonds is 0. The predicted molar refractivity (Wildman–Crippen MR) is 46.3 cm³/mol. The second-order valence-corrected chi connectivity index (χ2v) is 2.88. The summed E-state index contributed by atoms with van der Waals surface area (Å²) < 4.78 is 0.194. The van der Waals surface area contributed by atoms with E-state index in [9.17, 15) is 0 Å². The summed E-state index contributed by atoms with van der Waals surface area (Å²) in [5.74, 6) is 6.17. The Labute approximate surface area is 67.4 Å². The molecule has 1 unspecified atom stereocenters. The highest BCUT2D eigenvalue weighted by molar-refractivity contribution is 14.1. The molecule has 46 valence electrons. The molecule has 0 saturated carbocycles. The van der Waals surface area contributed by atoms with E-state index >= 15 is 0 Å². The van der Waals surface area contributed by atoms with Gasteiger partial charge in [0.2, 0.25) is 0 Å². The third-order valence-corrected chi connectivity index (χ3v) is 1.43. The fourth-order valence-corrected chi connectivity index (χ4v) is 0.762. The SMILES string of the molecule is NC1=CC#CC(I)C=N1. The summed E-state index contributed by atoms with van der Waals surface area (Å²) in [5, 5.41) is 0. The van der Waals surface area contributed by atoms with Crippen LogP contribution in [-0.4, -0.2) is 10.1 Å². The smallest absolute Gasteiger partial charge is 0.131 e. The Hall–Kier alpha value is -0.500. The highest BCUT2D eigenvalue weighted by Gasteiger charge is 1.94. The third kappa shape index (κ3) is 2.06. The Morgan fingerprint density at radius 3 is 3.33 bits per heavy atom. The summed E-state index contributed by atoms with van der Waals surface area (Å²) in [4.78, 5) is 3.89. The summed E-state index contributed by atoms with van der Waals surface area (Å²) in [6.45, 7) is 0. The minimum atomic E-state index is 0.194. The van der Waals surface area contributed by atoms with Gasteiger partial charge in [0.15, 0.2) is 0 Å². The summed E-state index contributed by atoms with van der Waals surface area (Å²) in [5.41, 5.74) is 5.35. The van der Waals surface area contributed by atoms with E-state index in [4.69, 9.17) is 5.73 Å². The first-order valence-corrected chi connectivity index (χ1v) is 3.68. The molecule has 1 aliphatic rings. The maximum atomic E-state index is 5.35. The Bertz CT molecular complexity index is 219. The van der Waals surface area contributed by atoms with Crippen molar-refractivity contribution in [1.29, 1.82) is 0 Å². The first-order valence-electron chi connectivity index (χ1n) is 2.44. The normalized spacial score (nSPS) is 23.7. The van der Waals surface area contributed by atoms with Crippen LogP contribution in [-0.2, 0) is 0 Å². The Balaban J connectivity index is 2.82. The number of hydrogen-bond donors (Lipinski definition) is 1. The molecule has 2 nitrogen and oxygen atoms in total. The van der Waals surface area contributed by atoms with Gasteiger partial charge >= 0.3 is 0 Å². The van der Waals surface area contributed by atoms with E-state index in [1.54, 1.807) is 12.3 Å². The van der Waals surface area contributed by atoms with Crippen LogP contribution in [0.2, 0.25) is 0 Å². The summed E-state index contributed by atoms with van der Waals surface area (Å²) in [7, 11) is 0. The minimum Gasteiger partial charge on any atom is -0.383 e. The molecule has 1 rings (SSSR count). The van der Waals surface area contributed by atoms with Crippen molar-refractivity contribution in [2.75, 3.05) is 0 Å². The molecule has 0 amide bonds. The summed E-state index contributed by atoms with van der Waals surface area (Å²) in [6, 6.07) is 0. The van der Waals surface area contributed by atoms with Crippen LogP contribution < -0.4 is 5.73 Å². The fourth-order valence-electron chi connectivity index (χ4n) is 0.421. The van der Waals surface area contributed by atoms with E-state index in [1.807, 2.05) is 0 Å². The number of halogens is 1. The molecule has 1 heterocycles. The molecule has 0 radical (unpaired) electrons. The van der Waals surface area contributed by atoms with Crippen molar-refractivity contribution in [3.63, 3.8) is 0 Å². The molecule has 1 atom stereocenters. The van der Waals surface area contributed by atoms with Gasteiger partial charge in [-0.25, -0.2) is 4.99 Å². The van der Waals surface area contributed by atoms with Crippen LogP contribution in [0.3, 0.4) is 0 Å². The van der Waals surface area contributed by atoms with Crippen molar-refractivity contribution in [2.24, 2.45) is 10.7 Å². The number of nitrogens with two attached hydrogens (primary N) is 1. The van der Waals surface area contributed by atoms with Crippen LogP contribution in [0.5, 0.6) is 0 Å². The molecule has 1 aliphatic heterocycles. The van der Waals surface area contributed by atoms with Gasteiger partial charge in [-0.15, -0.1) is 0 Å². The zero-order valence-corrected chi connectivity index (χ0v) is 6.79. The molecule has 0 fully saturated rings. The van der Waals surface area contributed by atoms with Crippen LogP contribution in [0.4, 0.5) is 0 Å². The van der Waals surface area contributed by atoms with Crippen molar-refractivity contribution in [1.82, 2.24) is 0 Å². The van der Waals surface area contributed by atoms with Gasteiger partial charge in [-0.05, 0) is 0 Å². The van der Waals surface area contributed by atoms with Gasteiger partial charge in [0.25, 0.3) is 0 Å². The summed E-state index contributed by atoms with van der Waals surface area (Å²) >= 11 is 2.18. The topological polar surface area (TPSA) is 38.4 Å². The second-order valence-electron chi connectivity index (χ2n) is 1.54. The average Bonchev–Trinajstić information content (AvgIpc) is 1.97. The van der Waals surface area contributed by atoms with Crippen molar-refractivity contribution < 1.29 is 0 Å². The molecule has 0 bridgehead atoms. The van der Waals surface area contributed by atoms with Crippen LogP contribution in [0.1, 0.15) is 0 Å². The molecule has 0 aromatic heterocycles. The lowest BCUT2D eigenvalue weighted by Crippen LogP contribution is -1.96. The molecule has 0 saturated heterocycles. The van der Waals surface area contributed by atoms with Crippen molar-refractivity contribution in [2.45, 2.75) is 3.92 Å². The molecule has 0 aliphatic carbocycles. The lowest BCUT2D eigenvalue weighted by molar-refractivity contribution is 1.26. The van der Waals surface area contributed by atoms with E-state index in [0.717, 1.165) is 0 Å². The summed E-state index contributed by atoms with van der Waals surface area (Å²) in [6.07, 6.45) is 3.33. The lowest BCUT2D eigenvalue weighted by atomic mass is 10.4. The number of nitrogens with zero attached hydrogens (tertiary/aromatic N) is 1. The molecule has 0 aromatic carbocycles. The standard InChI is InChI=1S/C6H5IN2/c7-5-2-1-3-6(8)9-4-5/h3-5H,8H2. The predicted octanol–water partition coefficient (Wildman–Crippen LogP) is 0.678. The van der Waals surface area contributed by atoms with E-state index < -0.39 is 0 Å². The van der Waals surface area contributed by atoms with E-state index in [2.05, 4.69) is 39.4 Å². The van der Waals surface area contributed by atoms with Gasteiger partial charge < -0.3 is 5.73 Å². The van der Waals surface area contributed by atoms with Crippen LogP contribution >= 0.6 is 22.6 Å². The first kappa shape index (κ1) is 6.62. The van der Waals surface area contributed by atoms with E-state index in [-0.39, 0.29) is 3.92 Å². The fraction of sp³-hybridized carbons (Fsp3) is 0.167. The Morgan fingerprint density at radius 1 is 1.78 bits per heavy atom. The van der Waals surface area contributed by atoms with Gasteiger partial charge in [-0.1, -0.05) is 34.4 Å². The largest absolute Gasteiger partial charge is 0.383 e. The lowest BCUT2D eigenvalue weighted by Gasteiger charge is -1.87. The van der Waals surface area contributed by atoms with E-state index in [1.165, 1.54) is 0 Å². The maximum absolute atomic E-state index is 5.35. The monoisotopic (exact) mass is 232 g/mol. The highest BCUT2D eigenvalue weighted by atomic mass is 127. The zero-order chi connectivity index (χ0) is 6.69. The first-order chi connectivity index (χ1) is 4.29. The van der Waals surface area contributed by atoms with Crippen molar-refractivity contribution in [3.05, 3.63) is 11.9 Å². The average molecular weight is 232 g/mol. The number of aliphatic imine (C=N–C) groups is 1. The second kappa shape index (κ2) is 2.87. The van der Waals surface area contributed by atoms with Crippen LogP contribution in [0, 0.1) is 11.8 Å². The molecular formula is C6H5IN2. The highest BCUT2D eigenvalue weighted by Crippen LogP contribution is 1.98. The Kier molecular flexibility index (Phi) is 2.11. The molecule has 2 N–H and O–H groups in total. The van der Waals surface area contributed by atoms with Crippen molar-refractivity contribution in [3.8, 4) is 11.8 Å². The number of alkyl halides is 1. The van der Waals surface area contributed by atoms with Gasteiger partial charge in [-0.2, -0.15) is 0 Å². The third-order valence-electron chi connectivity index (χ3n) is 0.796. The van der Waals surface area contributed by atoms with E-state index in [0.29, 0.717) is 5.82 Å². The maximum Gasteiger partial charge on any atom is 0.131 e. The van der Waals surface area contributed by atoms with Crippen LogP contribution in [0.15, 0.2) is 16.9 Å². The number of allylic oxidation sites excluding steroid dienone is 1. The quantitative estimate of drug-likeness (QED) is 0.372. The van der Waals surface area contributed by atoms with Gasteiger partial charge in [-0.3, -0.25) is 0 Å². The van der Waals surface area contributed by atoms with Gasteiger partial charge in [0.1, 0.15) is 9.75 Å². The molecular weight excluding hydrogens is 227 g/mol. The van der Waals surface area contributed by atoms with Gasteiger partial charge in [0.05, 0.1) is 0 Å². The molecule has 0 spiro atoms. The van der Waals surface area contributed by atoms with Crippen molar-refractivity contribution >= 4 is 28.8 Å². The minimum absolute atomic E-state index is 0.194. The van der Waals surface area contributed by atoms with Crippen LogP contribution in [0.25, 0.3) is 0 Å². The molecule has 9 heavy (non-hydrogen) atoms. The van der Waals surface area contributed by atoms with Gasteiger partial charge in [0, 0.05) is 12.3 Å². The zero-order valence-electron chi connectivity index (χ0n) is 4.63. The Morgan fingerprint density at radius 2 is 2.56 bits per heavy atom.